The first-order valence-corrected chi connectivity index (χ1v) is 6.71. The number of aliphatic carboxylic acids is 1. The van der Waals surface area contributed by atoms with E-state index in [4.69, 9.17) is 28.3 Å². The third kappa shape index (κ3) is 6.24. The molecule has 2 N–H and O–H groups in total. The molecule has 0 saturated carbocycles. The topological polar surface area (TPSA) is 49.3 Å². The zero-order valence-electron chi connectivity index (χ0n) is 10.1. The van der Waals surface area contributed by atoms with Crippen LogP contribution in [-0.4, -0.2) is 24.2 Å². The Bertz CT molecular complexity index is 397. The summed E-state index contributed by atoms with van der Waals surface area (Å²) < 4.78 is 0. The Morgan fingerprint density at radius 1 is 1.22 bits per heavy atom. The second-order valence-corrected chi connectivity index (χ2v) is 4.93. The maximum absolute atomic E-state index is 10.3. The van der Waals surface area contributed by atoms with Gasteiger partial charge in [-0.15, -0.1) is 0 Å². The average Bonchev–Trinajstić information content (AvgIpc) is 2.30. The molecule has 3 nitrogen and oxygen atoms in total. The van der Waals surface area contributed by atoms with Crippen molar-refractivity contribution in [2.24, 2.45) is 0 Å². The lowest BCUT2D eigenvalue weighted by Crippen LogP contribution is -2.18. The van der Waals surface area contributed by atoms with Gasteiger partial charge in [0.15, 0.2) is 0 Å². The van der Waals surface area contributed by atoms with Gasteiger partial charge in [-0.1, -0.05) is 29.3 Å². The number of hydrogen-bond acceptors (Lipinski definition) is 2. The molecule has 0 aliphatic carbocycles. The van der Waals surface area contributed by atoms with Crippen LogP contribution >= 0.6 is 23.2 Å². The molecule has 1 aromatic rings. The number of hydrogen-bond donors (Lipinski definition) is 2. The van der Waals surface area contributed by atoms with E-state index < -0.39 is 5.97 Å². The molecule has 0 fully saturated rings. The van der Waals surface area contributed by atoms with Gasteiger partial charge in [-0.3, -0.25) is 4.79 Å². The van der Waals surface area contributed by atoms with Crippen LogP contribution in [0.25, 0.3) is 0 Å². The van der Waals surface area contributed by atoms with Gasteiger partial charge in [-0.2, -0.15) is 0 Å². The molecule has 0 spiro atoms. The molecular formula is C13H17Cl2NO2. The molecule has 0 aliphatic heterocycles. The van der Waals surface area contributed by atoms with E-state index >= 15 is 0 Å². The number of carbonyl (C=O) groups is 1. The van der Waals surface area contributed by atoms with E-state index in [1.165, 1.54) is 0 Å². The molecule has 0 aromatic heterocycles. The van der Waals surface area contributed by atoms with E-state index in [9.17, 15) is 4.79 Å². The molecule has 0 aliphatic rings. The molecule has 0 heterocycles. The van der Waals surface area contributed by atoms with Gasteiger partial charge in [0.25, 0.3) is 0 Å². The highest BCUT2D eigenvalue weighted by Gasteiger charge is 2.01. The minimum Gasteiger partial charge on any atom is -0.481 e. The highest BCUT2D eigenvalue weighted by Crippen LogP contribution is 2.20. The summed E-state index contributed by atoms with van der Waals surface area (Å²) in [6.07, 6.45) is 2.67. The van der Waals surface area contributed by atoms with Crippen LogP contribution in [0.1, 0.15) is 24.8 Å². The molecule has 18 heavy (non-hydrogen) atoms. The second-order valence-electron chi connectivity index (χ2n) is 4.09. The van der Waals surface area contributed by atoms with Crippen molar-refractivity contribution in [2.45, 2.75) is 25.7 Å². The van der Waals surface area contributed by atoms with E-state index in [0.29, 0.717) is 16.5 Å². The molecule has 0 saturated heterocycles. The van der Waals surface area contributed by atoms with Crippen LogP contribution in [-0.2, 0) is 11.2 Å². The van der Waals surface area contributed by atoms with Crippen molar-refractivity contribution in [3.8, 4) is 0 Å². The van der Waals surface area contributed by atoms with E-state index in [2.05, 4.69) is 5.32 Å². The summed E-state index contributed by atoms with van der Waals surface area (Å²) in [5.74, 6) is -0.733. The number of benzene rings is 1. The van der Waals surface area contributed by atoms with Crippen LogP contribution in [0.2, 0.25) is 10.0 Å². The zero-order valence-corrected chi connectivity index (χ0v) is 11.6. The predicted octanol–water partition coefficient (Wildman–Crippen LogP) is 3.38. The Hall–Kier alpha value is -0.770. The number of carboxylic acids is 1. The number of halogens is 2. The summed E-state index contributed by atoms with van der Waals surface area (Å²) in [7, 11) is 0. The molecule has 0 amide bonds. The fourth-order valence-corrected chi connectivity index (χ4v) is 2.10. The van der Waals surface area contributed by atoms with Gasteiger partial charge < -0.3 is 10.4 Å². The highest BCUT2D eigenvalue weighted by molar-refractivity contribution is 6.35. The van der Waals surface area contributed by atoms with Crippen molar-refractivity contribution in [2.75, 3.05) is 13.1 Å². The molecule has 0 bridgehead atoms. The highest BCUT2D eigenvalue weighted by atomic mass is 35.5. The number of unbranched alkanes of at least 4 members (excludes halogenated alkanes) is 1. The third-order valence-corrected chi connectivity index (χ3v) is 3.17. The van der Waals surface area contributed by atoms with Crippen molar-refractivity contribution < 1.29 is 9.90 Å². The quantitative estimate of drug-likeness (QED) is 0.722. The van der Waals surface area contributed by atoms with Crippen LogP contribution in [0.15, 0.2) is 18.2 Å². The van der Waals surface area contributed by atoms with Crippen molar-refractivity contribution in [3.05, 3.63) is 33.8 Å². The van der Waals surface area contributed by atoms with Crippen molar-refractivity contribution in [1.29, 1.82) is 0 Å². The van der Waals surface area contributed by atoms with Gasteiger partial charge in [-0.05, 0) is 50.0 Å². The van der Waals surface area contributed by atoms with E-state index in [1.807, 2.05) is 12.1 Å². The molecule has 0 unspecified atom stereocenters. The van der Waals surface area contributed by atoms with E-state index in [1.54, 1.807) is 6.07 Å². The minimum atomic E-state index is -0.733. The summed E-state index contributed by atoms with van der Waals surface area (Å²) in [6, 6.07) is 5.50. The maximum Gasteiger partial charge on any atom is 0.303 e. The SMILES string of the molecule is O=C(O)CCCCNCCc1ccc(Cl)cc1Cl. The smallest absolute Gasteiger partial charge is 0.303 e. The van der Waals surface area contributed by atoms with Gasteiger partial charge in [0.2, 0.25) is 0 Å². The van der Waals surface area contributed by atoms with Crippen molar-refractivity contribution in [3.63, 3.8) is 0 Å². The molecule has 1 aromatic carbocycles. The van der Waals surface area contributed by atoms with Gasteiger partial charge in [-0.25, -0.2) is 0 Å². The van der Waals surface area contributed by atoms with Gasteiger partial charge >= 0.3 is 5.97 Å². The van der Waals surface area contributed by atoms with Gasteiger partial charge in [0.1, 0.15) is 0 Å². The predicted molar refractivity (Wildman–Crippen MR) is 74.5 cm³/mol. The lowest BCUT2D eigenvalue weighted by molar-refractivity contribution is -0.137. The Balaban J connectivity index is 2.12. The zero-order chi connectivity index (χ0) is 13.4. The molecule has 100 valence electrons. The molecule has 1 rings (SSSR count). The Kier molecular flexibility index (Phi) is 7.09. The first-order valence-electron chi connectivity index (χ1n) is 5.96. The van der Waals surface area contributed by atoms with E-state index in [-0.39, 0.29) is 6.42 Å². The van der Waals surface area contributed by atoms with Crippen LogP contribution < -0.4 is 5.32 Å². The van der Waals surface area contributed by atoms with Crippen LogP contribution in [0, 0.1) is 0 Å². The number of nitrogens with one attached hydrogen (secondary N) is 1. The summed E-state index contributed by atoms with van der Waals surface area (Å²) >= 11 is 11.9. The first kappa shape index (κ1) is 15.3. The van der Waals surface area contributed by atoms with E-state index in [0.717, 1.165) is 31.5 Å². The lowest BCUT2D eigenvalue weighted by atomic mass is 10.1. The lowest BCUT2D eigenvalue weighted by Gasteiger charge is -2.06. The molecule has 0 atom stereocenters. The van der Waals surface area contributed by atoms with Crippen molar-refractivity contribution in [1.82, 2.24) is 5.32 Å². The Morgan fingerprint density at radius 3 is 2.67 bits per heavy atom. The molecule has 0 radical (unpaired) electrons. The van der Waals surface area contributed by atoms with Gasteiger partial charge in [0, 0.05) is 16.5 Å². The summed E-state index contributed by atoms with van der Waals surface area (Å²) in [6.45, 7) is 1.66. The number of rotatable bonds is 8. The van der Waals surface area contributed by atoms with Crippen LogP contribution in [0.5, 0.6) is 0 Å². The minimum absolute atomic E-state index is 0.241. The summed E-state index contributed by atoms with van der Waals surface area (Å²) in [5.41, 5.74) is 1.07. The monoisotopic (exact) mass is 289 g/mol. The van der Waals surface area contributed by atoms with Gasteiger partial charge in [0.05, 0.1) is 0 Å². The first-order chi connectivity index (χ1) is 8.59. The maximum atomic E-state index is 10.3. The number of carboxylic acid groups (broad SMARTS) is 1. The Labute approximate surface area is 117 Å². The van der Waals surface area contributed by atoms with Crippen LogP contribution in [0.4, 0.5) is 0 Å². The summed E-state index contributed by atoms with van der Waals surface area (Å²) in [5, 5.41) is 13.1. The molecule has 5 heteroatoms. The normalized spacial score (nSPS) is 10.6. The fourth-order valence-electron chi connectivity index (χ4n) is 1.60. The second kappa shape index (κ2) is 8.35. The molecular weight excluding hydrogens is 273 g/mol. The fraction of sp³-hybridized carbons (Fsp3) is 0.462. The average molecular weight is 290 g/mol. The largest absolute Gasteiger partial charge is 0.481 e. The van der Waals surface area contributed by atoms with Crippen LogP contribution in [0.3, 0.4) is 0 Å². The third-order valence-electron chi connectivity index (χ3n) is 2.58. The standard InChI is InChI=1S/C13H17Cl2NO2/c14-11-5-4-10(12(15)9-11)6-8-16-7-2-1-3-13(17)18/h4-5,9,16H,1-3,6-8H2,(H,17,18). The summed E-state index contributed by atoms with van der Waals surface area (Å²) in [4.78, 5) is 10.3. The van der Waals surface area contributed by atoms with Crippen molar-refractivity contribution >= 4 is 29.2 Å². The Morgan fingerprint density at radius 2 is 2.00 bits per heavy atom.